The smallest absolute Gasteiger partial charge is 0.246 e. The number of carbonyl (C=O) groups excluding carboxylic acids is 1. The Labute approximate surface area is 242 Å². The normalized spacial score (nSPS) is 19.2. The van der Waals surface area contributed by atoms with E-state index in [9.17, 15) is 10.1 Å². The number of likely N-dealkylation sites (N-methyl/N-ethyl adjacent to an activating group) is 1. The Morgan fingerprint density at radius 1 is 1.12 bits per heavy atom. The van der Waals surface area contributed by atoms with Gasteiger partial charge in [-0.05, 0) is 62.9 Å². The maximum absolute atomic E-state index is 12.2. The third kappa shape index (κ3) is 5.11. The van der Waals surface area contributed by atoms with Crippen LogP contribution in [0.2, 0.25) is 0 Å². The molecule has 2 saturated heterocycles. The van der Waals surface area contributed by atoms with E-state index in [0.717, 1.165) is 49.3 Å². The van der Waals surface area contributed by atoms with Gasteiger partial charge in [-0.1, -0.05) is 36.9 Å². The second kappa shape index (κ2) is 11.4. The highest BCUT2D eigenvalue weighted by Gasteiger charge is 2.32. The van der Waals surface area contributed by atoms with Gasteiger partial charge in [0, 0.05) is 55.4 Å². The summed E-state index contributed by atoms with van der Waals surface area (Å²) in [5.74, 6) is 0.384. The van der Waals surface area contributed by atoms with Crippen LogP contribution in [-0.2, 0) is 17.8 Å². The Kier molecular flexibility index (Phi) is 7.55. The molecule has 0 unspecified atom stereocenters. The molecule has 0 aliphatic carbocycles. The molecule has 3 aliphatic heterocycles. The number of anilines is 2. The fourth-order valence-corrected chi connectivity index (χ4v) is 6.71. The molecule has 0 radical (unpaired) electrons. The van der Waals surface area contributed by atoms with Gasteiger partial charge >= 0.3 is 0 Å². The van der Waals surface area contributed by atoms with Gasteiger partial charge in [0.15, 0.2) is 0 Å². The Hall–Kier alpha value is -4.09. The number of aryl methyl sites for hydroxylation is 1. The van der Waals surface area contributed by atoms with E-state index in [2.05, 4.69) is 77.7 Å². The number of carbonyl (C=O) groups is 1. The molecule has 0 saturated carbocycles. The number of amides is 1. The number of pyridine rings is 1. The van der Waals surface area contributed by atoms with E-state index < -0.39 is 0 Å². The van der Waals surface area contributed by atoms with Gasteiger partial charge in [0.1, 0.15) is 18.2 Å². The van der Waals surface area contributed by atoms with Crippen LogP contribution in [0.1, 0.15) is 35.2 Å². The standard InChI is InChI=1S/C33H38N6O2/c1-4-30(40)37-16-18-38(19-17-37)32-26-13-15-39(29-12-6-10-24-9-5-8-23(2)31(24)29)21-28(26)35-33(27(32)20-34)41-22-25-11-7-14-36(25)3/h4-6,8-10,12,25H,1,7,11,13-19,21-22H2,2-3H3/t25-/m1/s1. The predicted molar refractivity (Wildman–Crippen MR) is 163 cm³/mol. The first-order valence-electron chi connectivity index (χ1n) is 14.7. The van der Waals surface area contributed by atoms with Crippen LogP contribution in [0.25, 0.3) is 10.8 Å². The van der Waals surface area contributed by atoms with Crippen molar-refractivity contribution in [1.29, 1.82) is 5.26 Å². The first-order valence-corrected chi connectivity index (χ1v) is 14.7. The lowest BCUT2D eigenvalue weighted by molar-refractivity contribution is -0.126. The molecule has 1 aromatic heterocycles. The lowest BCUT2D eigenvalue weighted by atomic mass is 9.96. The van der Waals surface area contributed by atoms with Crippen LogP contribution in [0.4, 0.5) is 11.4 Å². The van der Waals surface area contributed by atoms with Crippen LogP contribution >= 0.6 is 0 Å². The molecule has 0 N–H and O–H groups in total. The lowest BCUT2D eigenvalue weighted by Crippen LogP contribution is -2.49. The van der Waals surface area contributed by atoms with Crippen LogP contribution in [0.3, 0.4) is 0 Å². The number of fused-ring (bicyclic) bond motifs is 2. The molecule has 1 atom stereocenters. The van der Waals surface area contributed by atoms with E-state index >= 15 is 0 Å². The summed E-state index contributed by atoms with van der Waals surface area (Å²) < 4.78 is 6.39. The monoisotopic (exact) mass is 550 g/mol. The second-order valence-corrected chi connectivity index (χ2v) is 11.4. The van der Waals surface area contributed by atoms with Crippen molar-refractivity contribution in [1.82, 2.24) is 14.8 Å². The van der Waals surface area contributed by atoms with Gasteiger partial charge in [0.25, 0.3) is 0 Å². The van der Waals surface area contributed by atoms with E-state index in [-0.39, 0.29) is 5.91 Å². The van der Waals surface area contributed by atoms with Crippen LogP contribution in [-0.4, -0.2) is 79.7 Å². The van der Waals surface area contributed by atoms with E-state index in [1.165, 1.54) is 28.1 Å². The van der Waals surface area contributed by atoms with Crippen molar-refractivity contribution >= 4 is 28.1 Å². The van der Waals surface area contributed by atoms with E-state index in [1.54, 1.807) is 0 Å². The minimum absolute atomic E-state index is 0.0485. The number of nitriles is 1. The van der Waals surface area contributed by atoms with Crippen molar-refractivity contribution in [3.8, 4) is 11.9 Å². The molecular weight excluding hydrogens is 512 g/mol. The molecule has 41 heavy (non-hydrogen) atoms. The third-order valence-corrected chi connectivity index (χ3v) is 9.00. The molecular formula is C33H38N6O2. The Morgan fingerprint density at radius 2 is 1.90 bits per heavy atom. The highest BCUT2D eigenvalue weighted by molar-refractivity contribution is 5.97. The second-order valence-electron chi connectivity index (χ2n) is 11.4. The fraction of sp³-hybridized carbons (Fsp3) is 0.424. The molecule has 0 spiro atoms. The average Bonchev–Trinajstić information content (AvgIpc) is 3.42. The van der Waals surface area contributed by atoms with Gasteiger partial charge in [-0.2, -0.15) is 5.26 Å². The average molecular weight is 551 g/mol. The van der Waals surface area contributed by atoms with Gasteiger partial charge < -0.3 is 24.3 Å². The number of hydrogen-bond acceptors (Lipinski definition) is 7. The van der Waals surface area contributed by atoms with Crippen molar-refractivity contribution in [2.24, 2.45) is 0 Å². The number of benzene rings is 2. The summed E-state index contributed by atoms with van der Waals surface area (Å²) >= 11 is 0. The fourth-order valence-electron chi connectivity index (χ4n) is 6.71. The predicted octanol–water partition coefficient (Wildman–Crippen LogP) is 4.29. The molecule has 0 bridgehead atoms. The number of aromatic nitrogens is 1. The Bertz CT molecular complexity index is 1520. The molecule has 1 amide bonds. The van der Waals surface area contributed by atoms with Crippen molar-refractivity contribution in [2.45, 2.75) is 38.8 Å². The summed E-state index contributed by atoms with van der Waals surface area (Å²) in [5, 5.41) is 12.9. The molecule has 3 aromatic rings. The maximum atomic E-state index is 12.2. The molecule has 6 rings (SSSR count). The molecule has 2 aromatic carbocycles. The van der Waals surface area contributed by atoms with Crippen LogP contribution in [0.15, 0.2) is 49.1 Å². The highest BCUT2D eigenvalue weighted by atomic mass is 16.5. The van der Waals surface area contributed by atoms with Crippen LogP contribution in [0.5, 0.6) is 5.88 Å². The minimum atomic E-state index is -0.0485. The number of piperazine rings is 1. The van der Waals surface area contributed by atoms with Gasteiger partial charge in [0.2, 0.25) is 11.8 Å². The first-order chi connectivity index (χ1) is 20.0. The number of ether oxygens (including phenoxy) is 1. The zero-order valence-electron chi connectivity index (χ0n) is 24.1. The number of rotatable bonds is 6. The summed E-state index contributed by atoms with van der Waals surface area (Å²) in [5.41, 5.74) is 6.02. The van der Waals surface area contributed by atoms with Crippen molar-refractivity contribution in [3.05, 3.63) is 71.4 Å². The molecule has 4 heterocycles. The highest BCUT2D eigenvalue weighted by Crippen LogP contribution is 2.39. The first kappa shape index (κ1) is 27.1. The van der Waals surface area contributed by atoms with Gasteiger partial charge in [-0.3, -0.25) is 4.79 Å². The zero-order chi connectivity index (χ0) is 28.5. The van der Waals surface area contributed by atoms with Gasteiger partial charge in [-0.25, -0.2) is 4.98 Å². The summed E-state index contributed by atoms with van der Waals surface area (Å²) in [6.07, 6.45) is 4.40. The van der Waals surface area contributed by atoms with Crippen molar-refractivity contribution < 1.29 is 9.53 Å². The van der Waals surface area contributed by atoms with Crippen molar-refractivity contribution in [3.63, 3.8) is 0 Å². The van der Waals surface area contributed by atoms with Crippen LogP contribution < -0.4 is 14.5 Å². The number of hydrogen-bond donors (Lipinski definition) is 0. The van der Waals surface area contributed by atoms with E-state index in [0.29, 0.717) is 56.8 Å². The van der Waals surface area contributed by atoms with E-state index in [4.69, 9.17) is 9.72 Å². The number of nitrogens with zero attached hydrogens (tertiary/aromatic N) is 6. The molecule has 3 aliphatic rings. The quantitative estimate of drug-likeness (QED) is 0.424. The van der Waals surface area contributed by atoms with E-state index in [1.807, 2.05) is 4.90 Å². The topological polar surface area (TPSA) is 75.9 Å². The maximum Gasteiger partial charge on any atom is 0.246 e. The molecule has 8 nitrogen and oxygen atoms in total. The van der Waals surface area contributed by atoms with Gasteiger partial charge in [0.05, 0.1) is 17.9 Å². The molecule has 2 fully saturated rings. The third-order valence-electron chi connectivity index (χ3n) is 9.00. The summed E-state index contributed by atoms with van der Waals surface area (Å²) in [6.45, 7) is 11.4. The largest absolute Gasteiger partial charge is 0.475 e. The summed E-state index contributed by atoms with van der Waals surface area (Å²) in [6, 6.07) is 15.7. The Morgan fingerprint density at radius 3 is 2.61 bits per heavy atom. The SMILES string of the molecule is C=CC(=O)N1CCN(c2c(C#N)c(OC[C@H]3CCCN3C)nc3c2CCN(c2cccc4cccc(C)c24)C3)CC1. The summed E-state index contributed by atoms with van der Waals surface area (Å²) in [7, 11) is 2.13. The zero-order valence-corrected chi connectivity index (χ0v) is 24.1. The summed E-state index contributed by atoms with van der Waals surface area (Å²) in [4.78, 5) is 26.1. The van der Waals surface area contributed by atoms with Gasteiger partial charge in [-0.15, -0.1) is 0 Å². The molecule has 8 heteroatoms. The molecule has 212 valence electrons. The van der Waals surface area contributed by atoms with Crippen molar-refractivity contribution in [2.75, 3.05) is 62.7 Å². The van der Waals surface area contributed by atoms with Crippen LogP contribution in [0, 0.1) is 18.3 Å². The lowest BCUT2D eigenvalue weighted by Gasteiger charge is -2.39. The Balaban J connectivity index is 1.38. The number of likely N-dealkylation sites (tertiary alicyclic amines) is 1. The minimum Gasteiger partial charge on any atom is -0.475 e.